The van der Waals surface area contributed by atoms with Gasteiger partial charge in [0, 0.05) is 36.1 Å². The number of benzene rings is 2. The number of aromatic amines is 1. The number of thiazole rings is 1. The summed E-state index contributed by atoms with van der Waals surface area (Å²) in [6, 6.07) is 12.8. The van der Waals surface area contributed by atoms with E-state index in [4.69, 9.17) is 36.1 Å². The lowest BCUT2D eigenvalue weighted by Gasteiger charge is -2.32. The Balaban J connectivity index is 1.18. The van der Waals surface area contributed by atoms with Gasteiger partial charge in [0.25, 0.3) is 4.84 Å². The minimum absolute atomic E-state index is 0.0534. The van der Waals surface area contributed by atoms with Crippen LogP contribution in [0.25, 0.3) is 21.8 Å². The fourth-order valence-corrected chi connectivity index (χ4v) is 5.47. The third-order valence-corrected chi connectivity index (χ3v) is 7.64. The van der Waals surface area contributed by atoms with Crippen molar-refractivity contribution in [3.8, 4) is 23.0 Å². The van der Waals surface area contributed by atoms with E-state index in [0.717, 1.165) is 35.5 Å². The Morgan fingerprint density at radius 1 is 1.12 bits per heavy atom. The molecule has 1 aliphatic rings. The molecule has 210 valence electrons. The van der Waals surface area contributed by atoms with Crippen LogP contribution in [0.15, 0.2) is 52.4 Å². The molecule has 0 bridgehead atoms. The van der Waals surface area contributed by atoms with E-state index in [2.05, 4.69) is 30.7 Å². The van der Waals surface area contributed by atoms with Crippen LogP contribution in [0.1, 0.15) is 12.8 Å². The van der Waals surface area contributed by atoms with Crippen LogP contribution in [0.4, 0.5) is 23.1 Å². The van der Waals surface area contributed by atoms with Crippen molar-refractivity contribution in [2.75, 3.05) is 42.8 Å². The number of rotatable bonds is 8. The Morgan fingerprint density at radius 3 is 2.68 bits per heavy atom. The maximum atomic E-state index is 13.2. The lowest BCUT2D eigenvalue weighted by molar-refractivity contribution is -0.120. The van der Waals surface area contributed by atoms with E-state index in [-0.39, 0.29) is 16.7 Å². The van der Waals surface area contributed by atoms with Gasteiger partial charge in [0.1, 0.15) is 5.52 Å². The summed E-state index contributed by atoms with van der Waals surface area (Å²) in [4.78, 5) is 30.3. The number of methoxy groups -OCH3 is 2. The van der Waals surface area contributed by atoms with Crippen molar-refractivity contribution in [3.05, 3.63) is 52.8 Å². The third-order valence-electron chi connectivity index (χ3n) is 6.75. The summed E-state index contributed by atoms with van der Waals surface area (Å²) in [6.45, 7) is 1.24. The molecule has 1 atom stereocenters. The van der Waals surface area contributed by atoms with E-state index in [1.807, 2.05) is 42.5 Å². The summed E-state index contributed by atoms with van der Waals surface area (Å²) in [7, 11) is 3.19. The molecule has 1 saturated heterocycles. The molecule has 3 N–H and O–H groups in total. The highest BCUT2D eigenvalue weighted by molar-refractivity contribution is 7.71. The summed E-state index contributed by atoms with van der Waals surface area (Å²) in [5, 5.41) is 13.0. The van der Waals surface area contributed by atoms with Crippen LogP contribution in [0.5, 0.6) is 11.5 Å². The molecule has 12 nitrogen and oxygen atoms in total. The molecule has 41 heavy (non-hydrogen) atoms. The number of fused-ring (bicyclic) bond motifs is 1. The smallest absolute Gasteiger partial charge is 0.284 e. The number of amides is 1. The van der Waals surface area contributed by atoms with E-state index in [0.29, 0.717) is 46.9 Å². The number of carbonyl (C=O) groups is 1. The summed E-state index contributed by atoms with van der Waals surface area (Å²) in [6.07, 6.45) is 1.61. The van der Waals surface area contributed by atoms with Gasteiger partial charge in [0.15, 0.2) is 22.1 Å². The summed E-state index contributed by atoms with van der Waals surface area (Å²) < 4.78 is 16.1. The Bertz CT molecular complexity index is 1750. The maximum Gasteiger partial charge on any atom is 0.284 e. The first-order valence-electron chi connectivity index (χ1n) is 12.8. The predicted molar refractivity (Wildman–Crippen MR) is 159 cm³/mol. The molecule has 3 aromatic heterocycles. The van der Waals surface area contributed by atoms with Crippen molar-refractivity contribution >= 4 is 62.9 Å². The average Bonchev–Trinajstić information content (AvgIpc) is 3.67. The van der Waals surface area contributed by atoms with Crippen molar-refractivity contribution in [2.24, 2.45) is 5.92 Å². The molecular weight excluding hydrogens is 564 g/mol. The standard InChI is InChI=1S/C27H26N8O4S2/c1-37-19-10-9-18(12-20(19)38-2)29-22-21-25(41-14-28-21)32-26(31-22)35-11-3-4-16(13-35)23(36)30-17-7-5-15(6-8-17)24-33-34-27(40)39-24/h5-10,12,14,16H,3-4,11,13H2,1-2H3,(H,30,36)(H,34,40)(H,29,31,32). The van der Waals surface area contributed by atoms with Crippen LogP contribution in [0.2, 0.25) is 0 Å². The maximum absolute atomic E-state index is 13.2. The zero-order valence-electron chi connectivity index (χ0n) is 22.2. The van der Waals surface area contributed by atoms with Crippen LogP contribution in [0, 0.1) is 10.8 Å². The highest BCUT2D eigenvalue weighted by Crippen LogP contribution is 2.34. The van der Waals surface area contributed by atoms with E-state index in [9.17, 15) is 4.79 Å². The lowest BCUT2D eigenvalue weighted by atomic mass is 9.97. The van der Waals surface area contributed by atoms with E-state index in [1.165, 1.54) is 11.3 Å². The zero-order chi connectivity index (χ0) is 28.3. The van der Waals surface area contributed by atoms with Gasteiger partial charge in [-0.2, -0.15) is 9.97 Å². The SMILES string of the molecule is COc1ccc(Nc2nc(N3CCCC(C(=O)Nc4ccc(-c5n[nH]c(=S)o5)cc4)C3)nc3scnc23)cc1OC. The highest BCUT2D eigenvalue weighted by Gasteiger charge is 2.28. The van der Waals surface area contributed by atoms with Gasteiger partial charge in [-0.3, -0.25) is 4.79 Å². The quantitative estimate of drug-likeness (QED) is 0.199. The number of carbonyl (C=O) groups excluding carboxylic acids is 1. The number of ether oxygens (including phenoxy) is 2. The number of piperidine rings is 1. The molecule has 0 spiro atoms. The first-order valence-corrected chi connectivity index (χ1v) is 14.1. The van der Waals surface area contributed by atoms with Gasteiger partial charge in [-0.15, -0.1) is 16.4 Å². The average molecular weight is 591 g/mol. The second-order valence-electron chi connectivity index (χ2n) is 9.34. The minimum atomic E-state index is -0.226. The molecule has 14 heteroatoms. The van der Waals surface area contributed by atoms with Crippen LogP contribution in [-0.4, -0.2) is 58.4 Å². The number of H-pyrrole nitrogens is 1. The Labute approximate surface area is 243 Å². The number of nitrogens with zero attached hydrogens (tertiary/aromatic N) is 5. The summed E-state index contributed by atoms with van der Waals surface area (Å²) in [5.41, 5.74) is 4.64. The van der Waals surface area contributed by atoms with Crippen LogP contribution in [0.3, 0.4) is 0 Å². The Hall–Kier alpha value is -4.56. The minimum Gasteiger partial charge on any atom is -0.493 e. The third kappa shape index (κ3) is 5.69. The Kier molecular flexibility index (Phi) is 7.48. The molecule has 2 aromatic carbocycles. The Morgan fingerprint density at radius 2 is 1.93 bits per heavy atom. The van der Waals surface area contributed by atoms with Crippen molar-refractivity contribution < 1.29 is 18.7 Å². The molecule has 1 fully saturated rings. The number of hydrogen-bond acceptors (Lipinski definition) is 12. The molecule has 0 saturated carbocycles. The molecule has 1 aliphatic heterocycles. The van der Waals surface area contributed by atoms with Crippen molar-refractivity contribution in [2.45, 2.75) is 12.8 Å². The molecular formula is C27H26N8O4S2. The first kappa shape index (κ1) is 26.7. The molecule has 4 heterocycles. The van der Waals surface area contributed by atoms with E-state index < -0.39 is 0 Å². The molecule has 0 aliphatic carbocycles. The number of hydrogen-bond donors (Lipinski definition) is 3. The van der Waals surface area contributed by atoms with Gasteiger partial charge in [0.2, 0.25) is 17.7 Å². The topological polar surface area (TPSA) is 143 Å². The van der Waals surface area contributed by atoms with Crippen molar-refractivity contribution in [1.82, 2.24) is 25.1 Å². The zero-order valence-corrected chi connectivity index (χ0v) is 23.8. The second-order valence-corrected chi connectivity index (χ2v) is 10.5. The van der Waals surface area contributed by atoms with Gasteiger partial charge in [0.05, 0.1) is 25.6 Å². The fraction of sp³-hybridized carbons (Fsp3) is 0.259. The first-order chi connectivity index (χ1) is 20.0. The van der Waals surface area contributed by atoms with Gasteiger partial charge in [-0.05, 0) is 61.5 Å². The monoisotopic (exact) mass is 590 g/mol. The summed E-state index contributed by atoms with van der Waals surface area (Å²) in [5.74, 6) is 2.48. The lowest BCUT2D eigenvalue weighted by Crippen LogP contribution is -2.41. The summed E-state index contributed by atoms with van der Waals surface area (Å²) >= 11 is 6.38. The predicted octanol–water partition coefficient (Wildman–Crippen LogP) is 5.41. The molecule has 1 unspecified atom stereocenters. The normalized spacial score (nSPS) is 15.1. The number of aromatic nitrogens is 5. The van der Waals surface area contributed by atoms with Crippen LogP contribution in [-0.2, 0) is 4.79 Å². The fourth-order valence-electron chi connectivity index (χ4n) is 4.70. The molecule has 5 aromatic rings. The van der Waals surface area contributed by atoms with E-state index >= 15 is 0 Å². The van der Waals surface area contributed by atoms with Gasteiger partial charge < -0.3 is 29.4 Å². The van der Waals surface area contributed by atoms with Gasteiger partial charge in [-0.25, -0.2) is 10.1 Å². The number of anilines is 4. The van der Waals surface area contributed by atoms with Crippen LogP contribution < -0.4 is 25.0 Å². The molecule has 6 rings (SSSR count). The van der Waals surface area contributed by atoms with Crippen molar-refractivity contribution in [1.29, 1.82) is 0 Å². The largest absolute Gasteiger partial charge is 0.493 e. The highest BCUT2D eigenvalue weighted by atomic mass is 32.1. The van der Waals surface area contributed by atoms with Crippen LogP contribution >= 0.6 is 23.6 Å². The van der Waals surface area contributed by atoms with Gasteiger partial charge >= 0.3 is 0 Å². The van der Waals surface area contributed by atoms with Gasteiger partial charge in [-0.1, -0.05) is 0 Å². The van der Waals surface area contributed by atoms with E-state index in [1.54, 1.807) is 19.7 Å². The van der Waals surface area contributed by atoms with Crippen molar-refractivity contribution in [3.63, 3.8) is 0 Å². The second kappa shape index (κ2) is 11.5. The number of nitrogens with one attached hydrogen (secondary N) is 3. The molecule has 0 radical (unpaired) electrons. The molecule has 1 amide bonds.